The van der Waals surface area contributed by atoms with E-state index >= 15 is 0 Å². The van der Waals surface area contributed by atoms with Crippen molar-refractivity contribution >= 4 is 46.6 Å². The summed E-state index contributed by atoms with van der Waals surface area (Å²) in [5.41, 5.74) is 1.39. The van der Waals surface area contributed by atoms with Crippen LogP contribution in [0.1, 0.15) is 11.1 Å². The van der Waals surface area contributed by atoms with Crippen molar-refractivity contribution in [3.05, 3.63) is 69.6 Å². The fourth-order valence-corrected chi connectivity index (χ4v) is 3.42. The van der Waals surface area contributed by atoms with Crippen molar-refractivity contribution in [2.24, 2.45) is 0 Å². The largest absolute Gasteiger partial charge is 0.482 e. The lowest BCUT2D eigenvalue weighted by Gasteiger charge is -2.13. The van der Waals surface area contributed by atoms with Crippen LogP contribution in [0.4, 0.5) is 4.79 Å². The van der Waals surface area contributed by atoms with E-state index in [9.17, 15) is 14.4 Å². The quantitative estimate of drug-likeness (QED) is 0.733. The highest BCUT2D eigenvalue weighted by Gasteiger charge is 2.35. The van der Waals surface area contributed by atoms with Gasteiger partial charge < -0.3 is 9.84 Å². The summed E-state index contributed by atoms with van der Waals surface area (Å²) in [7, 11) is 0. The standard InChI is InChI=1S/C19H14ClNO5S/c20-15-4-2-1-3-13(15)10-21-18(24)16(27-19(21)25)9-12-5-7-14(8-6-12)26-11-17(22)23/h1-9H,10-11H2,(H,22,23). The number of thioether (sulfide) groups is 1. The topological polar surface area (TPSA) is 83.9 Å². The molecule has 0 radical (unpaired) electrons. The number of hydrogen-bond acceptors (Lipinski definition) is 5. The summed E-state index contributed by atoms with van der Waals surface area (Å²) in [5, 5.41) is 8.74. The first-order chi connectivity index (χ1) is 12.9. The highest BCUT2D eigenvalue weighted by Crippen LogP contribution is 2.34. The van der Waals surface area contributed by atoms with E-state index in [1.807, 2.05) is 0 Å². The molecule has 0 bridgehead atoms. The summed E-state index contributed by atoms with van der Waals surface area (Å²) in [4.78, 5) is 36.7. The molecule has 2 aromatic carbocycles. The van der Waals surface area contributed by atoms with Crippen LogP contribution in [-0.4, -0.2) is 33.7 Å². The van der Waals surface area contributed by atoms with Crippen LogP contribution in [0, 0.1) is 0 Å². The molecule has 1 saturated heterocycles. The summed E-state index contributed by atoms with van der Waals surface area (Å²) in [5.74, 6) is -1.04. The minimum Gasteiger partial charge on any atom is -0.482 e. The average Bonchev–Trinajstić information content (AvgIpc) is 2.90. The van der Waals surface area contributed by atoms with Gasteiger partial charge in [-0.05, 0) is 47.2 Å². The lowest BCUT2D eigenvalue weighted by atomic mass is 10.2. The van der Waals surface area contributed by atoms with Crippen molar-refractivity contribution in [3.63, 3.8) is 0 Å². The van der Waals surface area contributed by atoms with E-state index in [2.05, 4.69) is 0 Å². The first-order valence-corrected chi connectivity index (χ1v) is 9.07. The van der Waals surface area contributed by atoms with Gasteiger partial charge in [-0.25, -0.2) is 4.79 Å². The van der Waals surface area contributed by atoms with Gasteiger partial charge in [-0.15, -0.1) is 0 Å². The molecule has 1 heterocycles. The lowest BCUT2D eigenvalue weighted by Crippen LogP contribution is -2.27. The fraction of sp³-hybridized carbons (Fsp3) is 0.105. The molecule has 1 aliphatic heterocycles. The Labute approximate surface area is 164 Å². The van der Waals surface area contributed by atoms with Crippen molar-refractivity contribution in [2.45, 2.75) is 6.54 Å². The van der Waals surface area contributed by atoms with Crippen molar-refractivity contribution < 1.29 is 24.2 Å². The smallest absolute Gasteiger partial charge is 0.341 e. The van der Waals surface area contributed by atoms with Gasteiger partial charge in [0.2, 0.25) is 0 Å². The number of nitrogens with zero attached hydrogens (tertiary/aromatic N) is 1. The van der Waals surface area contributed by atoms with Crippen LogP contribution in [-0.2, 0) is 16.1 Å². The molecule has 1 aliphatic rings. The van der Waals surface area contributed by atoms with Crippen LogP contribution in [0.15, 0.2) is 53.4 Å². The zero-order chi connectivity index (χ0) is 19.4. The Morgan fingerprint density at radius 3 is 2.52 bits per heavy atom. The van der Waals surface area contributed by atoms with E-state index in [0.29, 0.717) is 26.8 Å². The van der Waals surface area contributed by atoms with E-state index in [1.165, 1.54) is 0 Å². The second kappa shape index (κ2) is 8.28. The molecule has 2 amide bonds. The van der Waals surface area contributed by atoms with Crippen LogP contribution < -0.4 is 4.74 Å². The van der Waals surface area contributed by atoms with Crippen molar-refractivity contribution in [1.29, 1.82) is 0 Å². The van der Waals surface area contributed by atoms with E-state index in [1.54, 1.807) is 54.6 Å². The zero-order valence-electron chi connectivity index (χ0n) is 13.9. The SMILES string of the molecule is O=C(O)COc1ccc(C=C2SC(=O)N(Cc3ccccc3Cl)C2=O)cc1. The van der Waals surface area contributed by atoms with Crippen LogP contribution >= 0.6 is 23.4 Å². The van der Waals surface area contributed by atoms with Crippen molar-refractivity contribution in [2.75, 3.05) is 6.61 Å². The van der Waals surface area contributed by atoms with Gasteiger partial charge in [-0.1, -0.05) is 41.9 Å². The van der Waals surface area contributed by atoms with Crippen LogP contribution in [0.5, 0.6) is 5.75 Å². The third kappa shape index (κ3) is 4.69. The van der Waals surface area contributed by atoms with E-state index in [0.717, 1.165) is 16.7 Å². The molecule has 138 valence electrons. The predicted molar refractivity (Wildman–Crippen MR) is 103 cm³/mol. The van der Waals surface area contributed by atoms with Gasteiger partial charge in [0.1, 0.15) is 5.75 Å². The van der Waals surface area contributed by atoms with Gasteiger partial charge >= 0.3 is 5.97 Å². The molecule has 3 rings (SSSR count). The van der Waals surface area contributed by atoms with Gasteiger partial charge in [0.15, 0.2) is 6.61 Å². The zero-order valence-corrected chi connectivity index (χ0v) is 15.5. The molecular weight excluding hydrogens is 390 g/mol. The summed E-state index contributed by atoms with van der Waals surface area (Å²) in [6.07, 6.45) is 1.61. The lowest BCUT2D eigenvalue weighted by molar-refractivity contribution is -0.139. The number of carboxylic acids is 1. The molecule has 0 atom stereocenters. The van der Waals surface area contributed by atoms with Gasteiger partial charge in [-0.3, -0.25) is 14.5 Å². The highest BCUT2D eigenvalue weighted by molar-refractivity contribution is 8.18. The van der Waals surface area contributed by atoms with E-state index in [4.69, 9.17) is 21.4 Å². The molecule has 27 heavy (non-hydrogen) atoms. The van der Waals surface area contributed by atoms with Crippen molar-refractivity contribution in [1.82, 2.24) is 4.90 Å². The number of rotatable bonds is 6. The third-order valence-corrected chi connectivity index (χ3v) is 4.98. The number of halogens is 1. The number of aliphatic carboxylic acids is 1. The predicted octanol–water partition coefficient (Wildman–Crippen LogP) is 4.04. The molecule has 0 unspecified atom stereocenters. The van der Waals surface area contributed by atoms with Crippen molar-refractivity contribution in [3.8, 4) is 5.75 Å². The molecular formula is C19H14ClNO5S. The summed E-state index contributed by atoms with van der Waals surface area (Å²) in [6.45, 7) is -0.316. The molecule has 0 saturated carbocycles. The Kier molecular flexibility index (Phi) is 5.83. The maximum absolute atomic E-state index is 12.6. The molecule has 0 aliphatic carbocycles. The molecule has 1 N–H and O–H groups in total. The summed E-state index contributed by atoms with van der Waals surface area (Å²) < 4.78 is 5.06. The first-order valence-electron chi connectivity index (χ1n) is 7.87. The Balaban J connectivity index is 1.72. The highest BCUT2D eigenvalue weighted by atomic mass is 35.5. The minimum absolute atomic E-state index is 0.115. The monoisotopic (exact) mass is 403 g/mol. The first kappa shape index (κ1) is 19.0. The number of benzene rings is 2. The Hall–Kier alpha value is -2.77. The maximum atomic E-state index is 12.6. The number of ether oxygens (including phenoxy) is 1. The van der Waals surface area contributed by atoms with E-state index in [-0.39, 0.29) is 17.7 Å². The normalized spacial score (nSPS) is 15.4. The number of carboxylic acid groups (broad SMARTS) is 1. The molecule has 0 aromatic heterocycles. The fourth-order valence-electron chi connectivity index (χ4n) is 2.39. The minimum atomic E-state index is -1.06. The number of imide groups is 1. The molecule has 1 fully saturated rings. The number of carbonyl (C=O) groups is 3. The second-order valence-corrected chi connectivity index (χ2v) is 7.01. The molecule has 0 spiro atoms. The van der Waals surface area contributed by atoms with E-state index < -0.39 is 12.6 Å². The summed E-state index contributed by atoms with van der Waals surface area (Å²) in [6, 6.07) is 13.6. The van der Waals surface area contributed by atoms with Crippen LogP contribution in [0.25, 0.3) is 6.08 Å². The summed E-state index contributed by atoms with van der Waals surface area (Å²) >= 11 is 6.97. The molecule has 6 nitrogen and oxygen atoms in total. The van der Waals surface area contributed by atoms with Gasteiger partial charge in [-0.2, -0.15) is 0 Å². The Morgan fingerprint density at radius 1 is 1.15 bits per heavy atom. The van der Waals surface area contributed by atoms with Gasteiger partial charge in [0.05, 0.1) is 11.4 Å². The molecule has 2 aromatic rings. The van der Waals surface area contributed by atoms with Gasteiger partial charge in [0.25, 0.3) is 11.1 Å². The van der Waals surface area contributed by atoms with Crippen LogP contribution in [0.2, 0.25) is 5.02 Å². The van der Waals surface area contributed by atoms with Gasteiger partial charge in [0, 0.05) is 5.02 Å². The molecule has 8 heteroatoms. The number of carbonyl (C=O) groups excluding carboxylic acids is 2. The Morgan fingerprint density at radius 2 is 1.85 bits per heavy atom. The number of hydrogen-bond donors (Lipinski definition) is 1. The van der Waals surface area contributed by atoms with Crippen LogP contribution in [0.3, 0.4) is 0 Å². The number of amides is 2. The maximum Gasteiger partial charge on any atom is 0.341 e. The Bertz CT molecular complexity index is 926. The average molecular weight is 404 g/mol. The third-order valence-electron chi connectivity index (χ3n) is 3.70. The second-order valence-electron chi connectivity index (χ2n) is 5.61.